The molecule has 0 aliphatic carbocycles. The van der Waals surface area contributed by atoms with E-state index in [4.69, 9.17) is 30.2 Å². The smallest absolute Gasteiger partial charge is 0.415 e. The minimum atomic E-state index is -0.563. The van der Waals surface area contributed by atoms with Gasteiger partial charge in [0.05, 0.1) is 31.5 Å². The summed E-state index contributed by atoms with van der Waals surface area (Å²) in [5, 5.41) is 2.83. The number of furan rings is 1. The number of benzene rings is 1. The largest absolute Gasteiger partial charge is 0.491 e. The summed E-state index contributed by atoms with van der Waals surface area (Å²) < 4.78 is 21.8. The van der Waals surface area contributed by atoms with Gasteiger partial charge in [-0.3, -0.25) is 14.5 Å². The number of nitrogens with zero attached hydrogens (tertiary/aromatic N) is 2. The van der Waals surface area contributed by atoms with Crippen molar-refractivity contribution in [2.24, 2.45) is 0 Å². The molecule has 2 aromatic rings. The quantitative estimate of drug-likeness (QED) is 0.743. The van der Waals surface area contributed by atoms with Gasteiger partial charge in [-0.15, -0.1) is 0 Å². The number of carbonyl (C=O) groups excluding carboxylic acids is 3. The second-order valence-electron chi connectivity index (χ2n) is 7.56. The summed E-state index contributed by atoms with van der Waals surface area (Å²) in [6, 6.07) is 7.91. The van der Waals surface area contributed by atoms with Crippen molar-refractivity contribution >= 4 is 40.9 Å². The summed E-state index contributed by atoms with van der Waals surface area (Å²) in [6.07, 6.45) is -0.566. The minimum Gasteiger partial charge on any atom is -0.491 e. The molecule has 1 aromatic carbocycles. The van der Waals surface area contributed by atoms with Crippen molar-refractivity contribution in [2.75, 3.05) is 42.7 Å². The summed E-state index contributed by atoms with van der Waals surface area (Å²) in [5.41, 5.74) is 1.25. The Labute approximate surface area is 187 Å². The number of nitrogens with one attached hydrogen (secondary N) is 1. The van der Waals surface area contributed by atoms with Gasteiger partial charge in [-0.1, -0.05) is 0 Å². The first-order valence-electron chi connectivity index (χ1n) is 10.2. The number of cyclic esters (lactones) is 1. The zero-order valence-electron chi connectivity index (χ0n) is 16.9. The van der Waals surface area contributed by atoms with Gasteiger partial charge in [0.25, 0.3) is 11.8 Å². The van der Waals surface area contributed by atoms with Crippen molar-refractivity contribution in [3.05, 3.63) is 41.3 Å². The van der Waals surface area contributed by atoms with Gasteiger partial charge in [0.15, 0.2) is 11.0 Å². The highest BCUT2D eigenvalue weighted by Crippen LogP contribution is 2.40. The predicted octanol–water partition coefficient (Wildman–Crippen LogP) is 2.20. The van der Waals surface area contributed by atoms with Crippen LogP contribution in [0.25, 0.3) is 0 Å². The molecule has 2 atom stereocenters. The molecule has 1 aromatic heterocycles. The Morgan fingerprint density at radius 3 is 2.84 bits per heavy atom. The van der Waals surface area contributed by atoms with E-state index >= 15 is 0 Å². The first kappa shape index (κ1) is 20.7. The van der Waals surface area contributed by atoms with E-state index in [0.717, 1.165) is 0 Å². The van der Waals surface area contributed by atoms with Crippen LogP contribution in [0, 0.1) is 0 Å². The van der Waals surface area contributed by atoms with E-state index in [2.05, 4.69) is 5.32 Å². The van der Waals surface area contributed by atoms with Crippen molar-refractivity contribution in [3.8, 4) is 5.75 Å². The van der Waals surface area contributed by atoms with Crippen molar-refractivity contribution in [1.29, 1.82) is 0 Å². The Balaban J connectivity index is 1.33. The van der Waals surface area contributed by atoms with Crippen LogP contribution in [0.2, 0.25) is 5.22 Å². The molecule has 11 heteroatoms. The van der Waals surface area contributed by atoms with Crippen LogP contribution in [0.1, 0.15) is 17.0 Å². The molecule has 1 N–H and O–H groups in total. The Morgan fingerprint density at radius 1 is 1.19 bits per heavy atom. The van der Waals surface area contributed by atoms with E-state index in [1.54, 1.807) is 28.0 Å². The van der Waals surface area contributed by atoms with Crippen LogP contribution in [-0.2, 0) is 14.3 Å². The molecule has 4 heterocycles. The maximum Gasteiger partial charge on any atom is 0.415 e. The van der Waals surface area contributed by atoms with E-state index < -0.39 is 18.1 Å². The van der Waals surface area contributed by atoms with Crippen LogP contribution in [0.5, 0.6) is 5.75 Å². The van der Waals surface area contributed by atoms with Gasteiger partial charge in [-0.25, -0.2) is 4.79 Å². The first-order valence-corrected chi connectivity index (χ1v) is 10.6. The van der Waals surface area contributed by atoms with E-state index in [1.807, 2.05) is 0 Å². The standard InChI is InChI=1S/C21H20ClN3O7/c22-18-4-3-15(31-18)20(27)23-10-17-14-5-7-30-16-9-12(24-6-8-29-11-19(24)26)1-2-13(16)25(14)21(28)32-17/h1-4,9,14,17H,5-8,10-11H2,(H,23,27)/t14-,17-/m0/s1. The Hall–Kier alpha value is -3.24. The average molecular weight is 462 g/mol. The monoisotopic (exact) mass is 461 g/mol. The van der Waals surface area contributed by atoms with Crippen LogP contribution in [0.4, 0.5) is 16.2 Å². The fourth-order valence-electron chi connectivity index (χ4n) is 4.12. The molecule has 2 saturated heterocycles. The molecule has 10 nitrogen and oxygen atoms in total. The molecule has 5 rings (SSSR count). The van der Waals surface area contributed by atoms with Gasteiger partial charge < -0.3 is 28.8 Å². The molecular formula is C21H20ClN3O7. The molecule has 168 valence electrons. The zero-order valence-corrected chi connectivity index (χ0v) is 17.7. The number of hydrogen-bond donors (Lipinski definition) is 1. The molecule has 3 aliphatic rings. The normalized spacial score (nSPS) is 22.5. The molecule has 0 bridgehead atoms. The molecular weight excluding hydrogens is 442 g/mol. The van der Waals surface area contributed by atoms with Crippen LogP contribution in [0.15, 0.2) is 34.7 Å². The van der Waals surface area contributed by atoms with Crippen LogP contribution in [0.3, 0.4) is 0 Å². The molecule has 0 radical (unpaired) electrons. The van der Waals surface area contributed by atoms with Crippen molar-refractivity contribution in [2.45, 2.75) is 18.6 Å². The summed E-state index contributed by atoms with van der Waals surface area (Å²) in [7, 11) is 0. The van der Waals surface area contributed by atoms with Crippen LogP contribution in [-0.4, -0.2) is 63.0 Å². The lowest BCUT2D eigenvalue weighted by Crippen LogP contribution is -2.42. The number of hydrogen-bond acceptors (Lipinski definition) is 7. The Kier molecular flexibility index (Phi) is 5.40. The fraction of sp³-hybridized carbons (Fsp3) is 0.381. The molecule has 3 aliphatic heterocycles. The average Bonchev–Trinajstić information content (AvgIpc) is 3.29. The number of anilines is 2. The van der Waals surface area contributed by atoms with Gasteiger partial charge in [-0.2, -0.15) is 0 Å². The number of amides is 3. The third-order valence-electron chi connectivity index (χ3n) is 5.64. The number of fused-ring (bicyclic) bond motifs is 3. The van der Waals surface area contributed by atoms with Crippen LogP contribution >= 0.6 is 11.6 Å². The van der Waals surface area contributed by atoms with Gasteiger partial charge >= 0.3 is 6.09 Å². The number of carbonyl (C=O) groups is 3. The van der Waals surface area contributed by atoms with Gasteiger partial charge in [0.2, 0.25) is 0 Å². The highest BCUT2D eigenvalue weighted by molar-refractivity contribution is 6.29. The third kappa shape index (κ3) is 3.76. The van der Waals surface area contributed by atoms with E-state index in [0.29, 0.717) is 43.3 Å². The second kappa shape index (κ2) is 8.36. The number of rotatable bonds is 4. The highest BCUT2D eigenvalue weighted by Gasteiger charge is 2.45. The maximum absolute atomic E-state index is 12.7. The molecule has 2 fully saturated rings. The maximum atomic E-state index is 12.7. The minimum absolute atomic E-state index is 0.0378. The van der Waals surface area contributed by atoms with Gasteiger partial charge in [0, 0.05) is 24.7 Å². The van der Waals surface area contributed by atoms with Crippen LogP contribution < -0.4 is 19.9 Å². The molecule has 0 spiro atoms. The molecule has 0 saturated carbocycles. The summed E-state index contributed by atoms with van der Waals surface area (Å²) >= 11 is 5.71. The van der Waals surface area contributed by atoms with E-state index in [-0.39, 0.29) is 36.1 Å². The van der Waals surface area contributed by atoms with Crippen molar-refractivity contribution < 1.29 is 33.0 Å². The number of ether oxygens (including phenoxy) is 3. The predicted molar refractivity (Wildman–Crippen MR) is 112 cm³/mol. The summed E-state index contributed by atoms with van der Waals surface area (Å²) in [6.45, 7) is 1.41. The Bertz CT molecular complexity index is 1070. The molecule has 32 heavy (non-hydrogen) atoms. The van der Waals surface area contributed by atoms with E-state index in [1.165, 1.54) is 12.1 Å². The van der Waals surface area contributed by atoms with Crippen molar-refractivity contribution in [3.63, 3.8) is 0 Å². The first-order chi connectivity index (χ1) is 15.5. The topological polar surface area (TPSA) is 111 Å². The fourth-order valence-corrected chi connectivity index (χ4v) is 4.27. The third-order valence-corrected chi connectivity index (χ3v) is 5.85. The molecule has 3 amide bonds. The lowest BCUT2D eigenvalue weighted by molar-refractivity contribution is -0.125. The van der Waals surface area contributed by atoms with E-state index in [9.17, 15) is 14.4 Å². The summed E-state index contributed by atoms with van der Waals surface area (Å²) in [4.78, 5) is 40.3. The molecule has 0 unspecified atom stereocenters. The summed E-state index contributed by atoms with van der Waals surface area (Å²) in [5.74, 6) is 0.000455. The second-order valence-corrected chi connectivity index (χ2v) is 7.93. The van der Waals surface area contributed by atoms with Gasteiger partial charge in [-0.05, 0) is 35.9 Å². The highest BCUT2D eigenvalue weighted by atomic mass is 35.5. The zero-order chi connectivity index (χ0) is 22.2. The Morgan fingerprint density at radius 2 is 2.06 bits per heavy atom. The van der Waals surface area contributed by atoms with Crippen molar-refractivity contribution in [1.82, 2.24) is 5.32 Å². The number of halogens is 1. The van der Waals surface area contributed by atoms with Gasteiger partial charge in [0.1, 0.15) is 18.5 Å². The lowest BCUT2D eigenvalue weighted by atomic mass is 10.1. The number of morpholine rings is 1. The SMILES string of the molecule is O=C(NC[C@@H]1OC(=O)N2c3ccc(N4CCOCC4=O)cc3OCC[C@@H]12)c1ccc(Cl)o1. The lowest BCUT2D eigenvalue weighted by Gasteiger charge is -2.28.